The van der Waals surface area contributed by atoms with Gasteiger partial charge in [-0.05, 0) is 57.1 Å². The summed E-state index contributed by atoms with van der Waals surface area (Å²) in [6.07, 6.45) is 6.56. The summed E-state index contributed by atoms with van der Waals surface area (Å²) >= 11 is 6.16. The van der Waals surface area contributed by atoms with Crippen molar-refractivity contribution >= 4 is 17.3 Å². The minimum absolute atomic E-state index is 0.174. The number of pyridine rings is 1. The Kier molecular flexibility index (Phi) is 6.11. The molecule has 0 atom stereocenters. The first-order chi connectivity index (χ1) is 13.6. The lowest BCUT2D eigenvalue weighted by molar-refractivity contribution is 0.137. The Morgan fingerprint density at radius 2 is 1.93 bits per heavy atom. The molecule has 1 aliphatic heterocycles. The Morgan fingerprint density at radius 3 is 2.68 bits per heavy atom. The molecule has 0 radical (unpaired) electrons. The van der Waals surface area contributed by atoms with Crippen LogP contribution in [-0.2, 0) is 13.0 Å². The van der Waals surface area contributed by atoms with E-state index in [0.717, 1.165) is 55.6 Å². The van der Waals surface area contributed by atoms with Crippen molar-refractivity contribution in [1.82, 2.24) is 20.1 Å². The van der Waals surface area contributed by atoms with Gasteiger partial charge >= 0.3 is 0 Å². The van der Waals surface area contributed by atoms with E-state index >= 15 is 0 Å². The molecule has 0 amide bonds. The Morgan fingerprint density at radius 1 is 1.14 bits per heavy atom. The molecule has 5 nitrogen and oxygen atoms in total. The first-order valence-corrected chi connectivity index (χ1v) is 10.5. The Bertz CT molecular complexity index is 778. The number of fused-ring (bicyclic) bond motifs is 1. The van der Waals surface area contributed by atoms with Crippen LogP contribution in [0.2, 0.25) is 5.15 Å². The third kappa shape index (κ3) is 4.63. The quantitative estimate of drug-likeness (QED) is 0.689. The predicted molar refractivity (Wildman–Crippen MR) is 107 cm³/mol. The normalized spacial score (nSPS) is 22.3. The lowest BCUT2D eigenvalue weighted by Crippen LogP contribution is -2.39. The number of hydrogen-bond donors (Lipinski definition) is 2. The van der Waals surface area contributed by atoms with Gasteiger partial charge in [0.05, 0.1) is 12.2 Å². The molecule has 1 fully saturated rings. The third-order valence-corrected chi connectivity index (χ3v) is 5.92. The second-order valence-electron chi connectivity index (χ2n) is 7.75. The molecule has 8 heteroatoms. The Labute approximate surface area is 168 Å². The molecule has 2 N–H and O–H groups in total. The molecule has 1 saturated carbocycles. The van der Waals surface area contributed by atoms with E-state index in [-0.39, 0.29) is 12.6 Å². The van der Waals surface area contributed by atoms with E-state index in [1.165, 1.54) is 18.5 Å². The van der Waals surface area contributed by atoms with Crippen molar-refractivity contribution in [3.05, 3.63) is 29.2 Å². The fourth-order valence-corrected chi connectivity index (χ4v) is 4.38. The zero-order valence-electron chi connectivity index (χ0n) is 15.8. The number of nitrogens with zero attached hydrogens (tertiary/aromatic N) is 3. The van der Waals surface area contributed by atoms with Crippen LogP contribution >= 0.6 is 11.6 Å². The van der Waals surface area contributed by atoms with Crippen LogP contribution in [0.1, 0.15) is 44.2 Å². The van der Waals surface area contributed by atoms with Crippen LogP contribution in [0.3, 0.4) is 0 Å². The number of nitrogens with one attached hydrogen (secondary N) is 2. The largest absolute Gasteiger partial charge is 0.382 e. The molecule has 2 aromatic rings. The first-order valence-electron chi connectivity index (χ1n) is 10.1. The van der Waals surface area contributed by atoms with Crippen molar-refractivity contribution < 1.29 is 8.78 Å². The van der Waals surface area contributed by atoms with Crippen LogP contribution in [0, 0.1) is 0 Å². The maximum absolute atomic E-state index is 12.4. The van der Waals surface area contributed by atoms with Gasteiger partial charge in [-0.15, -0.1) is 0 Å². The molecule has 3 heterocycles. The Hall–Kier alpha value is -1.73. The minimum atomic E-state index is -2.29. The zero-order chi connectivity index (χ0) is 19.5. The summed E-state index contributed by atoms with van der Waals surface area (Å²) in [5.41, 5.74) is 4.10. The molecule has 0 aromatic carbocycles. The maximum atomic E-state index is 12.4. The summed E-state index contributed by atoms with van der Waals surface area (Å²) in [6.45, 7) is 0.743. The summed E-state index contributed by atoms with van der Waals surface area (Å²) in [6, 6.07) is 4.48. The van der Waals surface area contributed by atoms with Crippen molar-refractivity contribution in [3.8, 4) is 11.3 Å². The summed E-state index contributed by atoms with van der Waals surface area (Å²) in [5, 5.41) is 11.8. The molecule has 0 saturated heterocycles. The third-order valence-electron chi connectivity index (χ3n) is 5.71. The molecule has 0 spiro atoms. The van der Waals surface area contributed by atoms with Crippen LogP contribution < -0.4 is 10.6 Å². The van der Waals surface area contributed by atoms with Crippen molar-refractivity contribution in [3.63, 3.8) is 0 Å². The average molecular weight is 410 g/mol. The fraction of sp³-hybridized carbons (Fsp3) is 0.600. The van der Waals surface area contributed by atoms with E-state index in [4.69, 9.17) is 16.7 Å². The number of halogens is 3. The highest BCUT2D eigenvalue weighted by Gasteiger charge is 2.23. The highest BCUT2D eigenvalue weighted by atomic mass is 35.5. The van der Waals surface area contributed by atoms with Gasteiger partial charge in [0.25, 0.3) is 6.43 Å². The van der Waals surface area contributed by atoms with Gasteiger partial charge < -0.3 is 10.6 Å². The van der Waals surface area contributed by atoms with Crippen molar-refractivity contribution in [2.45, 2.75) is 70.0 Å². The molecule has 0 unspecified atom stereocenters. The number of rotatable bonds is 6. The van der Waals surface area contributed by atoms with Gasteiger partial charge in [-0.1, -0.05) is 11.6 Å². The van der Waals surface area contributed by atoms with E-state index in [9.17, 15) is 8.78 Å². The second kappa shape index (κ2) is 8.74. The molecule has 4 rings (SSSR count). The van der Waals surface area contributed by atoms with Gasteiger partial charge in [0.15, 0.2) is 0 Å². The predicted octanol–water partition coefficient (Wildman–Crippen LogP) is 4.51. The first kappa shape index (κ1) is 19.6. The molecular formula is C20H26ClF2N5. The zero-order valence-corrected chi connectivity index (χ0v) is 16.6. The monoisotopic (exact) mass is 409 g/mol. The lowest BCUT2D eigenvalue weighted by Gasteiger charge is -2.30. The lowest BCUT2D eigenvalue weighted by atomic mass is 9.91. The topological polar surface area (TPSA) is 54.8 Å². The summed E-state index contributed by atoms with van der Waals surface area (Å²) in [7, 11) is 0. The van der Waals surface area contributed by atoms with Crippen LogP contribution in [-0.4, -0.2) is 39.8 Å². The molecule has 2 aromatic heterocycles. The number of anilines is 1. The van der Waals surface area contributed by atoms with E-state index in [1.807, 2.05) is 6.07 Å². The van der Waals surface area contributed by atoms with Crippen LogP contribution in [0.25, 0.3) is 11.3 Å². The van der Waals surface area contributed by atoms with Gasteiger partial charge in [-0.3, -0.25) is 4.68 Å². The molecular weight excluding hydrogens is 384 g/mol. The van der Waals surface area contributed by atoms with E-state index in [0.29, 0.717) is 11.2 Å². The minimum Gasteiger partial charge on any atom is -0.382 e. The van der Waals surface area contributed by atoms with Crippen molar-refractivity contribution in [1.29, 1.82) is 0 Å². The smallest absolute Gasteiger partial charge is 0.250 e. The molecule has 2 aliphatic rings. The van der Waals surface area contributed by atoms with Crippen molar-refractivity contribution in [2.75, 3.05) is 11.9 Å². The SMILES string of the molecule is FC(F)CNC1CCC(Nc2cc(Cl)ncc2-c2cc3n(n2)CCCC3)CC1. The van der Waals surface area contributed by atoms with Crippen LogP contribution in [0.4, 0.5) is 14.5 Å². The maximum Gasteiger partial charge on any atom is 0.250 e. The number of aromatic nitrogens is 3. The Balaban J connectivity index is 1.45. The van der Waals surface area contributed by atoms with Gasteiger partial charge in [-0.2, -0.15) is 5.10 Å². The van der Waals surface area contributed by atoms with Gasteiger partial charge in [0, 0.05) is 41.8 Å². The molecule has 0 bridgehead atoms. The van der Waals surface area contributed by atoms with Crippen molar-refractivity contribution in [2.24, 2.45) is 0 Å². The van der Waals surface area contributed by atoms with E-state index in [1.54, 1.807) is 6.20 Å². The highest BCUT2D eigenvalue weighted by Crippen LogP contribution is 2.32. The van der Waals surface area contributed by atoms with Crippen LogP contribution in [0.15, 0.2) is 18.3 Å². The van der Waals surface area contributed by atoms with E-state index in [2.05, 4.69) is 26.4 Å². The number of hydrogen-bond acceptors (Lipinski definition) is 4. The van der Waals surface area contributed by atoms with Gasteiger partial charge in [0.1, 0.15) is 5.15 Å². The number of aryl methyl sites for hydroxylation is 2. The summed E-state index contributed by atoms with van der Waals surface area (Å²) in [5.74, 6) is 0. The second-order valence-corrected chi connectivity index (χ2v) is 8.13. The van der Waals surface area contributed by atoms with Gasteiger partial charge in [-0.25, -0.2) is 13.8 Å². The fourth-order valence-electron chi connectivity index (χ4n) is 4.22. The molecule has 28 heavy (non-hydrogen) atoms. The average Bonchev–Trinajstić information content (AvgIpc) is 3.11. The van der Waals surface area contributed by atoms with Gasteiger partial charge in [0.2, 0.25) is 0 Å². The highest BCUT2D eigenvalue weighted by molar-refractivity contribution is 6.29. The van der Waals surface area contributed by atoms with Crippen LogP contribution in [0.5, 0.6) is 0 Å². The van der Waals surface area contributed by atoms with E-state index < -0.39 is 6.43 Å². The standard InChI is InChI=1S/C20H26ClF2N5/c21-19-10-17(26-14-6-4-13(5-7-14)24-12-20(22)23)16(11-25-19)18-9-15-3-1-2-8-28(15)27-18/h9-11,13-14,20,24H,1-8,12H2,(H,25,26). The summed E-state index contributed by atoms with van der Waals surface area (Å²) < 4.78 is 26.9. The molecule has 1 aliphatic carbocycles. The number of alkyl halides is 2. The summed E-state index contributed by atoms with van der Waals surface area (Å²) in [4.78, 5) is 4.26. The molecule has 152 valence electrons.